The van der Waals surface area contributed by atoms with E-state index in [1.807, 2.05) is 0 Å². The third-order valence-corrected chi connectivity index (χ3v) is 4.80. The second-order valence-corrected chi connectivity index (χ2v) is 7.44. The van der Waals surface area contributed by atoms with Gasteiger partial charge in [-0.2, -0.15) is 0 Å². The maximum Gasteiger partial charge on any atom is 0.293 e. The second-order valence-electron chi connectivity index (χ2n) is 5.42. The Morgan fingerprint density at radius 2 is 2.14 bits per heavy atom. The zero-order chi connectivity index (χ0) is 15.6. The molecule has 0 saturated heterocycles. The van der Waals surface area contributed by atoms with Crippen LogP contribution < -0.4 is 5.32 Å². The maximum atomic E-state index is 11.5. The molecule has 1 aliphatic carbocycles. The van der Waals surface area contributed by atoms with Gasteiger partial charge < -0.3 is 10.4 Å². The van der Waals surface area contributed by atoms with Gasteiger partial charge in [0.2, 0.25) is 0 Å². The first-order valence-electron chi connectivity index (χ1n) is 6.68. The van der Waals surface area contributed by atoms with E-state index in [0.717, 1.165) is 25.2 Å². The first-order chi connectivity index (χ1) is 9.77. The van der Waals surface area contributed by atoms with Crippen molar-refractivity contribution in [2.45, 2.75) is 30.3 Å². The third kappa shape index (κ3) is 3.92. The van der Waals surface area contributed by atoms with Crippen LogP contribution >= 0.6 is 0 Å². The number of hydrogen-bond donors (Lipinski definition) is 2. The van der Waals surface area contributed by atoms with Gasteiger partial charge in [-0.3, -0.25) is 10.1 Å². The SMILES string of the molecule is CS(=O)(=O)c1ccc(NCC2CCC(O)C2)c([N+](=O)[O-])c1. The molecule has 7 nitrogen and oxygen atoms in total. The van der Waals surface area contributed by atoms with Crippen molar-refractivity contribution < 1.29 is 18.4 Å². The number of aliphatic hydroxyl groups excluding tert-OH is 1. The van der Waals surface area contributed by atoms with Gasteiger partial charge in [0.15, 0.2) is 9.84 Å². The van der Waals surface area contributed by atoms with Crippen molar-refractivity contribution in [1.82, 2.24) is 0 Å². The zero-order valence-electron chi connectivity index (χ0n) is 11.7. The fraction of sp³-hybridized carbons (Fsp3) is 0.538. The number of rotatable bonds is 5. The van der Waals surface area contributed by atoms with E-state index < -0.39 is 14.8 Å². The summed E-state index contributed by atoms with van der Waals surface area (Å²) in [6.45, 7) is 0.524. The number of sulfone groups is 1. The van der Waals surface area contributed by atoms with Crippen molar-refractivity contribution >= 4 is 21.2 Å². The summed E-state index contributed by atoms with van der Waals surface area (Å²) in [5, 5.41) is 23.5. The van der Waals surface area contributed by atoms with Gasteiger partial charge in [-0.25, -0.2) is 8.42 Å². The molecule has 1 aliphatic rings. The van der Waals surface area contributed by atoms with Crippen molar-refractivity contribution in [2.75, 3.05) is 18.1 Å². The number of anilines is 1. The number of nitrogens with one attached hydrogen (secondary N) is 1. The molecule has 0 heterocycles. The Balaban J connectivity index is 2.17. The summed E-state index contributed by atoms with van der Waals surface area (Å²) in [5.41, 5.74) is 0.0465. The summed E-state index contributed by atoms with van der Waals surface area (Å²) in [6.07, 6.45) is 3.03. The highest BCUT2D eigenvalue weighted by molar-refractivity contribution is 7.90. The second kappa shape index (κ2) is 5.98. The molecular weight excluding hydrogens is 296 g/mol. The normalized spacial score (nSPS) is 22.2. The number of nitro groups is 1. The lowest BCUT2D eigenvalue weighted by Crippen LogP contribution is -2.13. The van der Waals surface area contributed by atoms with E-state index in [0.29, 0.717) is 18.7 Å². The number of benzene rings is 1. The summed E-state index contributed by atoms with van der Waals surface area (Å²) in [6, 6.07) is 3.84. The van der Waals surface area contributed by atoms with Gasteiger partial charge in [0.1, 0.15) is 5.69 Å². The number of hydrogen-bond acceptors (Lipinski definition) is 6. The van der Waals surface area contributed by atoms with Crippen LogP contribution in [0.4, 0.5) is 11.4 Å². The van der Waals surface area contributed by atoms with E-state index in [9.17, 15) is 23.6 Å². The summed E-state index contributed by atoms with van der Waals surface area (Å²) >= 11 is 0. The Labute approximate surface area is 123 Å². The summed E-state index contributed by atoms with van der Waals surface area (Å²) in [5.74, 6) is 0.272. The molecule has 1 aromatic rings. The average molecular weight is 314 g/mol. The molecule has 2 rings (SSSR count). The minimum Gasteiger partial charge on any atom is -0.393 e. The molecule has 2 unspecified atom stereocenters. The summed E-state index contributed by atoms with van der Waals surface area (Å²) in [4.78, 5) is 10.4. The molecule has 0 bridgehead atoms. The van der Waals surface area contributed by atoms with Gasteiger partial charge in [-0.05, 0) is 37.3 Å². The first-order valence-corrected chi connectivity index (χ1v) is 8.57. The predicted molar refractivity (Wildman–Crippen MR) is 78.0 cm³/mol. The van der Waals surface area contributed by atoms with E-state index in [-0.39, 0.29) is 22.6 Å². The fourth-order valence-corrected chi connectivity index (χ4v) is 3.17. The van der Waals surface area contributed by atoms with Crippen LogP contribution in [0.15, 0.2) is 23.1 Å². The Kier molecular flexibility index (Phi) is 4.48. The van der Waals surface area contributed by atoms with E-state index in [4.69, 9.17) is 0 Å². The minimum absolute atomic E-state index is 0.0731. The largest absolute Gasteiger partial charge is 0.393 e. The number of nitro benzene ring substituents is 1. The monoisotopic (exact) mass is 314 g/mol. The van der Waals surface area contributed by atoms with Gasteiger partial charge in [-0.1, -0.05) is 0 Å². The van der Waals surface area contributed by atoms with Gasteiger partial charge in [0.05, 0.1) is 15.9 Å². The van der Waals surface area contributed by atoms with Crippen LogP contribution in [0, 0.1) is 16.0 Å². The Hall–Kier alpha value is -1.67. The zero-order valence-corrected chi connectivity index (χ0v) is 12.5. The molecule has 1 saturated carbocycles. The van der Waals surface area contributed by atoms with Crippen LogP contribution in [0.2, 0.25) is 0 Å². The molecule has 0 spiro atoms. The van der Waals surface area contributed by atoms with Crippen molar-refractivity contribution in [3.63, 3.8) is 0 Å². The van der Waals surface area contributed by atoms with Gasteiger partial charge in [-0.15, -0.1) is 0 Å². The molecule has 1 aromatic carbocycles. The van der Waals surface area contributed by atoms with Crippen molar-refractivity contribution in [3.05, 3.63) is 28.3 Å². The molecule has 116 valence electrons. The summed E-state index contributed by atoms with van der Waals surface area (Å²) in [7, 11) is -3.48. The average Bonchev–Trinajstić information content (AvgIpc) is 2.80. The molecule has 1 fully saturated rings. The van der Waals surface area contributed by atoms with Crippen molar-refractivity contribution in [2.24, 2.45) is 5.92 Å². The molecule has 0 amide bonds. The van der Waals surface area contributed by atoms with Gasteiger partial charge in [0, 0.05) is 18.9 Å². The quantitative estimate of drug-likeness (QED) is 0.630. The highest BCUT2D eigenvalue weighted by Gasteiger charge is 2.24. The summed E-state index contributed by atoms with van der Waals surface area (Å²) < 4.78 is 22.9. The van der Waals surface area contributed by atoms with E-state index in [1.54, 1.807) is 0 Å². The lowest BCUT2D eigenvalue weighted by molar-refractivity contribution is -0.384. The maximum absolute atomic E-state index is 11.5. The molecule has 8 heteroatoms. The molecule has 0 aromatic heterocycles. The van der Waals surface area contributed by atoms with Crippen LogP contribution in [-0.4, -0.2) is 37.4 Å². The Bertz CT molecular complexity index is 644. The highest BCUT2D eigenvalue weighted by Crippen LogP contribution is 2.30. The highest BCUT2D eigenvalue weighted by atomic mass is 32.2. The number of nitrogens with zero attached hydrogens (tertiary/aromatic N) is 1. The smallest absolute Gasteiger partial charge is 0.293 e. The Morgan fingerprint density at radius 3 is 2.67 bits per heavy atom. The van der Waals surface area contributed by atoms with E-state index in [1.165, 1.54) is 12.1 Å². The molecular formula is C13H18N2O5S. The van der Waals surface area contributed by atoms with E-state index in [2.05, 4.69) is 5.32 Å². The van der Waals surface area contributed by atoms with Gasteiger partial charge >= 0.3 is 0 Å². The lowest BCUT2D eigenvalue weighted by atomic mass is 10.1. The van der Waals surface area contributed by atoms with Crippen LogP contribution in [0.5, 0.6) is 0 Å². The standard InChI is InChI=1S/C13H18N2O5S/c1-21(19,20)11-4-5-12(13(7-11)15(17)18)14-8-9-2-3-10(16)6-9/h4-5,7,9-10,14,16H,2-3,6,8H2,1H3. The minimum atomic E-state index is -3.48. The van der Waals surface area contributed by atoms with Crippen LogP contribution in [0.25, 0.3) is 0 Å². The van der Waals surface area contributed by atoms with Crippen LogP contribution in [-0.2, 0) is 9.84 Å². The molecule has 21 heavy (non-hydrogen) atoms. The van der Waals surface area contributed by atoms with Gasteiger partial charge in [0.25, 0.3) is 5.69 Å². The topological polar surface area (TPSA) is 110 Å². The van der Waals surface area contributed by atoms with Crippen molar-refractivity contribution in [3.8, 4) is 0 Å². The van der Waals surface area contributed by atoms with Crippen LogP contribution in [0.1, 0.15) is 19.3 Å². The number of aliphatic hydroxyl groups is 1. The van der Waals surface area contributed by atoms with Crippen LogP contribution in [0.3, 0.4) is 0 Å². The Morgan fingerprint density at radius 1 is 1.43 bits per heavy atom. The molecule has 0 radical (unpaired) electrons. The predicted octanol–water partition coefficient (Wildman–Crippen LogP) is 1.57. The lowest BCUT2D eigenvalue weighted by Gasteiger charge is -2.12. The molecule has 2 N–H and O–H groups in total. The molecule has 0 aliphatic heterocycles. The van der Waals surface area contributed by atoms with Crippen molar-refractivity contribution in [1.29, 1.82) is 0 Å². The fourth-order valence-electron chi connectivity index (χ4n) is 2.53. The first kappa shape index (κ1) is 15.7. The van der Waals surface area contributed by atoms with E-state index >= 15 is 0 Å². The molecule has 2 atom stereocenters. The third-order valence-electron chi connectivity index (χ3n) is 3.69.